The quantitative estimate of drug-likeness (QED) is 0.215. The standard InChI is InChI=1S/C8H11N3OS/c9-6-3-1-2-4-7(6)13-5-8(12)11-10/h1-4H,5,9-10H2,(H,11,12). The van der Waals surface area contributed by atoms with E-state index in [1.165, 1.54) is 11.8 Å². The first kappa shape index (κ1) is 9.88. The molecule has 0 spiro atoms. The Bertz CT molecular complexity index is 303. The van der Waals surface area contributed by atoms with Crippen molar-refractivity contribution in [1.29, 1.82) is 0 Å². The van der Waals surface area contributed by atoms with E-state index in [0.29, 0.717) is 5.69 Å². The lowest BCUT2D eigenvalue weighted by molar-refractivity contribution is -0.118. The summed E-state index contributed by atoms with van der Waals surface area (Å²) in [6.07, 6.45) is 0. The first-order valence-electron chi connectivity index (χ1n) is 3.71. The third kappa shape index (κ3) is 2.96. The first-order chi connectivity index (χ1) is 6.24. The lowest BCUT2D eigenvalue weighted by Gasteiger charge is -2.03. The van der Waals surface area contributed by atoms with Crippen LogP contribution in [0.5, 0.6) is 0 Å². The van der Waals surface area contributed by atoms with Gasteiger partial charge in [-0.05, 0) is 12.1 Å². The van der Waals surface area contributed by atoms with Crippen molar-refractivity contribution >= 4 is 23.4 Å². The second-order valence-electron chi connectivity index (χ2n) is 2.39. The molecule has 1 aromatic rings. The van der Waals surface area contributed by atoms with Gasteiger partial charge in [0.15, 0.2) is 0 Å². The van der Waals surface area contributed by atoms with Crippen LogP contribution in [0, 0.1) is 0 Å². The molecular weight excluding hydrogens is 186 g/mol. The van der Waals surface area contributed by atoms with E-state index in [-0.39, 0.29) is 11.7 Å². The Balaban J connectivity index is 2.54. The van der Waals surface area contributed by atoms with Crippen LogP contribution in [0.3, 0.4) is 0 Å². The van der Waals surface area contributed by atoms with Crippen LogP contribution < -0.4 is 17.0 Å². The molecule has 0 aliphatic heterocycles. The Morgan fingerprint density at radius 3 is 2.77 bits per heavy atom. The van der Waals surface area contributed by atoms with Crippen LogP contribution in [0.2, 0.25) is 0 Å². The zero-order chi connectivity index (χ0) is 9.68. The van der Waals surface area contributed by atoms with E-state index >= 15 is 0 Å². The molecule has 0 atom stereocenters. The molecule has 5 N–H and O–H groups in total. The van der Waals surface area contributed by atoms with Crippen molar-refractivity contribution in [3.63, 3.8) is 0 Å². The molecule has 0 heterocycles. The number of hydrazine groups is 1. The van der Waals surface area contributed by atoms with E-state index in [0.717, 1.165) is 4.90 Å². The van der Waals surface area contributed by atoms with E-state index < -0.39 is 0 Å². The number of nitrogens with two attached hydrogens (primary N) is 2. The molecule has 0 radical (unpaired) electrons. The number of rotatable bonds is 3. The summed E-state index contributed by atoms with van der Waals surface area (Å²) in [5.74, 6) is 5.00. The minimum Gasteiger partial charge on any atom is -0.398 e. The summed E-state index contributed by atoms with van der Waals surface area (Å²) in [5.41, 5.74) is 8.40. The number of amides is 1. The molecular formula is C8H11N3OS. The Hall–Kier alpha value is -1.20. The highest BCUT2D eigenvalue weighted by Crippen LogP contribution is 2.23. The lowest BCUT2D eigenvalue weighted by Crippen LogP contribution is -2.31. The highest BCUT2D eigenvalue weighted by atomic mass is 32.2. The smallest absolute Gasteiger partial charge is 0.244 e. The number of benzene rings is 1. The highest BCUT2D eigenvalue weighted by Gasteiger charge is 2.02. The molecule has 0 unspecified atom stereocenters. The topological polar surface area (TPSA) is 81.1 Å². The van der Waals surface area contributed by atoms with E-state index in [2.05, 4.69) is 5.43 Å². The van der Waals surface area contributed by atoms with Gasteiger partial charge in [0, 0.05) is 10.6 Å². The van der Waals surface area contributed by atoms with Gasteiger partial charge in [-0.1, -0.05) is 12.1 Å². The van der Waals surface area contributed by atoms with Gasteiger partial charge in [0.05, 0.1) is 5.75 Å². The molecule has 0 saturated heterocycles. The van der Waals surface area contributed by atoms with Crippen LogP contribution in [0.1, 0.15) is 0 Å². The Kier molecular flexibility index (Phi) is 3.60. The van der Waals surface area contributed by atoms with Crippen molar-refractivity contribution < 1.29 is 4.79 Å². The number of carbonyl (C=O) groups is 1. The summed E-state index contributed by atoms with van der Waals surface area (Å²) < 4.78 is 0. The van der Waals surface area contributed by atoms with Crippen LogP contribution in [0.25, 0.3) is 0 Å². The minimum atomic E-state index is -0.215. The molecule has 1 rings (SSSR count). The average Bonchev–Trinajstić information content (AvgIpc) is 2.16. The minimum absolute atomic E-state index is 0.215. The molecule has 0 aliphatic carbocycles. The van der Waals surface area contributed by atoms with Crippen molar-refractivity contribution in [2.45, 2.75) is 4.90 Å². The van der Waals surface area contributed by atoms with E-state index in [1.807, 2.05) is 18.2 Å². The largest absolute Gasteiger partial charge is 0.398 e. The van der Waals surface area contributed by atoms with Gasteiger partial charge in [0.1, 0.15) is 0 Å². The summed E-state index contributed by atoms with van der Waals surface area (Å²) in [5, 5.41) is 0. The van der Waals surface area contributed by atoms with Gasteiger partial charge in [-0.25, -0.2) is 5.84 Å². The highest BCUT2D eigenvalue weighted by molar-refractivity contribution is 8.00. The summed E-state index contributed by atoms with van der Waals surface area (Å²) in [4.78, 5) is 11.7. The second-order valence-corrected chi connectivity index (χ2v) is 3.41. The van der Waals surface area contributed by atoms with E-state index in [1.54, 1.807) is 6.07 Å². The van der Waals surface area contributed by atoms with Gasteiger partial charge in [0.2, 0.25) is 5.91 Å². The van der Waals surface area contributed by atoms with Gasteiger partial charge < -0.3 is 5.73 Å². The monoisotopic (exact) mass is 197 g/mol. The van der Waals surface area contributed by atoms with Crippen LogP contribution in [0.15, 0.2) is 29.2 Å². The van der Waals surface area contributed by atoms with Crippen LogP contribution in [-0.4, -0.2) is 11.7 Å². The fourth-order valence-electron chi connectivity index (χ4n) is 0.797. The van der Waals surface area contributed by atoms with E-state index in [4.69, 9.17) is 11.6 Å². The van der Waals surface area contributed by atoms with Gasteiger partial charge in [-0.2, -0.15) is 0 Å². The SMILES string of the molecule is NNC(=O)CSc1ccccc1N. The average molecular weight is 197 g/mol. The molecule has 0 bridgehead atoms. The molecule has 0 aliphatic rings. The Morgan fingerprint density at radius 1 is 1.46 bits per heavy atom. The van der Waals surface area contributed by atoms with Crippen molar-refractivity contribution in [3.05, 3.63) is 24.3 Å². The third-order valence-corrected chi connectivity index (χ3v) is 2.53. The lowest BCUT2D eigenvalue weighted by atomic mass is 10.3. The van der Waals surface area contributed by atoms with Crippen molar-refractivity contribution in [1.82, 2.24) is 5.43 Å². The molecule has 0 saturated carbocycles. The molecule has 4 nitrogen and oxygen atoms in total. The number of hydrogen-bond acceptors (Lipinski definition) is 4. The summed E-state index contributed by atoms with van der Waals surface area (Å²) in [6.45, 7) is 0. The number of nitrogens with one attached hydrogen (secondary N) is 1. The number of anilines is 1. The second kappa shape index (κ2) is 4.74. The summed E-state index contributed by atoms with van der Waals surface area (Å²) >= 11 is 1.36. The Morgan fingerprint density at radius 2 is 2.15 bits per heavy atom. The fourth-order valence-corrected chi connectivity index (χ4v) is 1.58. The number of hydrogen-bond donors (Lipinski definition) is 3. The number of para-hydroxylation sites is 1. The maximum absolute atomic E-state index is 10.8. The predicted molar refractivity (Wildman–Crippen MR) is 53.9 cm³/mol. The Labute approximate surface area is 80.6 Å². The van der Waals surface area contributed by atoms with Crippen LogP contribution >= 0.6 is 11.8 Å². The van der Waals surface area contributed by atoms with Crippen LogP contribution in [0.4, 0.5) is 5.69 Å². The van der Waals surface area contributed by atoms with Crippen molar-refractivity contribution in [3.8, 4) is 0 Å². The molecule has 70 valence electrons. The van der Waals surface area contributed by atoms with Gasteiger partial charge in [-0.15, -0.1) is 11.8 Å². The van der Waals surface area contributed by atoms with Gasteiger partial charge in [0.25, 0.3) is 0 Å². The molecule has 13 heavy (non-hydrogen) atoms. The fraction of sp³-hybridized carbons (Fsp3) is 0.125. The van der Waals surface area contributed by atoms with E-state index in [9.17, 15) is 4.79 Å². The molecule has 0 aromatic heterocycles. The van der Waals surface area contributed by atoms with Crippen LogP contribution in [-0.2, 0) is 4.79 Å². The normalized spacial score (nSPS) is 9.62. The zero-order valence-electron chi connectivity index (χ0n) is 6.99. The molecule has 1 aromatic carbocycles. The van der Waals surface area contributed by atoms with Gasteiger partial charge in [-0.3, -0.25) is 10.2 Å². The predicted octanol–water partition coefficient (Wildman–Crippen LogP) is 0.351. The van der Waals surface area contributed by atoms with Gasteiger partial charge >= 0.3 is 0 Å². The maximum atomic E-state index is 10.8. The number of carbonyl (C=O) groups excluding carboxylic acids is 1. The number of thioether (sulfide) groups is 1. The zero-order valence-corrected chi connectivity index (χ0v) is 7.80. The molecule has 0 fully saturated rings. The van der Waals surface area contributed by atoms with Crippen molar-refractivity contribution in [2.75, 3.05) is 11.5 Å². The molecule has 1 amide bonds. The van der Waals surface area contributed by atoms with Crippen molar-refractivity contribution in [2.24, 2.45) is 5.84 Å². The summed E-state index contributed by atoms with van der Waals surface area (Å²) in [7, 11) is 0. The maximum Gasteiger partial charge on any atom is 0.244 e. The number of nitrogen functional groups attached to an aromatic ring is 1. The first-order valence-corrected chi connectivity index (χ1v) is 4.69. The molecule has 5 heteroatoms. The third-order valence-electron chi connectivity index (χ3n) is 1.44. The summed E-state index contributed by atoms with van der Waals surface area (Å²) in [6, 6.07) is 7.38.